The molecule has 0 aliphatic carbocycles. The molecular weight excluding hydrogens is 395 g/mol. The van der Waals surface area contributed by atoms with Crippen molar-refractivity contribution in [3.63, 3.8) is 0 Å². The molecule has 0 atom stereocenters. The Hall–Kier alpha value is -2.27. The number of ether oxygens (including phenoxy) is 1. The second-order valence-corrected chi connectivity index (χ2v) is 7.39. The average Bonchev–Trinajstić information content (AvgIpc) is 3.31. The zero-order valence-electron chi connectivity index (χ0n) is 12.5. The predicted molar refractivity (Wildman–Crippen MR) is 92.1 cm³/mol. The van der Waals surface area contributed by atoms with Crippen molar-refractivity contribution in [3.8, 4) is 17.1 Å². The number of benzene rings is 1. The standard InChI is InChI=1S/C17H11ClN2O3Se/c1-22-17(21)14-7-6-13(23-14)15-16-12(8-9-24-16)20(19-15)11-4-2-10(18)3-5-11/h2-9H,1H3. The van der Waals surface area contributed by atoms with Crippen LogP contribution in [0.3, 0.4) is 0 Å². The van der Waals surface area contributed by atoms with E-state index < -0.39 is 5.97 Å². The second kappa shape index (κ2) is 5.98. The Bertz CT molecular complexity index is 1030. The van der Waals surface area contributed by atoms with Crippen LogP contribution in [0.2, 0.25) is 5.02 Å². The molecule has 0 aliphatic heterocycles. The van der Waals surface area contributed by atoms with Crippen molar-refractivity contribution in [1.29, 1.82) is 0 Å². The summed E-state index contributed by atoms with van der Waals surface area (Å²) in [6, 6.07) is 12.9. The van der Waals surface area contributed by atoms with Gasteiger partial charge >= 0.3 is 148 Å². The van der Waals surface area contributed by atoms with E-state index in [1.807, 2.05) is 28.9 Å². The normalized spacial score (nSPS) is 11.1. The Kier molecular flexibility index (Phi) is 3.81. The van der Waals surface area contributed by atoms with Gasteiger partial charge in [-0.25, -0.2) is 0 Å². The summed E-state index contributed by atoms with van der Waals surface area (Å²) < 4.78 is 13.3. The van der Waals surface area contributed by atoms with Crippen LogP contribution in [0.4, 0.5) is 0 Å². The van der Waals surface area contributed by atoms with Gasteiger partial charge in [0.05, 0.1) is 0 Å². The molecule has 1 aromatic carbocycles. The van der Waals surface area contributed by atoms with Gasteiger partial charge in [-0.3, -0.25) is 0 Å². The second-order valence-electron chi connectivity index (χ2n) is 5.03. The molecule has 7 heteroatoms. The first-order valence-corrected chi connectivity index (χ1v) is 9.30. The molecule has 24 heavy (non-hydrogen) atoms. The van der Waals surface area contributed by atoms with E-state index in [1.165, 1.54) is 7.11 Å². The number of esters is 1. The van der Waals surface area contributed by atoms with E-state index in [9.17, 15) is 4.79 Å². The Morgan fingerprint density at radius 1 is 1.21 bits per heavy atom. The molecule has 0 fully saturated rings. The van der Waals surface area contributed by atoms with Crippen molar-refractivity contribution >= 4 is 41.9 Å². The number of fused-ring (bicyclic) bond motifs is 1. The first-order valence-electron chi connectivity index (χ1n) is 7.08. The topological polar surface area (TPSA) is 57.3 Å². The molecule has 4 rings (SSSR count). The van der Waals surface area contributed by atoms with Crippen molar-refractivity contribution in [3.05, 3.63) is 58.2 Å². The van der Waals surface area contributed by atoms with Gasteiger partial charge < -0.3 is 0 Å². The van der Waals surface area contributed by atoms with E-state index in [1.54, 1.807) is 12.1 Å². The fraction of sp³-hybridized carbons (Fsp3) is 0.0588. The molecule has 0 N–H and O–H groups in total. The van der Waals surface area contributed by atoms with E-state index in [0.29, 0.717) is 10.8 Å². The van der Waals surface area contributed by atoms with Crippen molar-refractivity contribution in [2.24, 2.45) is 0 Å². The monoisotopic (exact) mass is 406 g/mol. The van der Waals surface area contributed by atoms with E-state index in [2.05, 4.69) is 15.7 Å². The number of halogens is 1. The van der Waals surface area contributed by atoms with Gasteiger partial charge in [0.1, 0.15) is 0 Å². The molecule has 3 aromatic heterocycles. The number of aromatic nitrogens is 2. The summed E-state index contributed by atoms with van der Waals surface area (Å²) in [5, 5.41) is 5.37. The Balaban J connectivity index is 1.85. The van der Waals surface area contributed by atoms with Crippen molar-refractivity contribution < 1.29 is 13.9 Å². The molecule has 0 bridgehead atoms. The van der Waals surface area contributed by atoms with E-state index in [-0.39, 0.29) is 20.3 Å². The molecule has 120 valence electrons. The average molecular weight is 406 g/mol. The van der Waals surface area contributed by atoms with Gasteiger partial charge in [-0.05, 0) is 0 Å². The summed E-state index contributed by atoms with van der Waals surface area (Å²) in [7, 11) is 1.32. The predicted octanol–water partition coefficient (Wildman–Crippen LogP) is 3.78. The molecule has 5 nitrogen and oxygen atoms in total. The zero-order chi connectivity index (χ0) is 16.7. The molecule has 4 aromatic rings. The number of hydrogen-bond donors (Lipinski definition) is 0. The van der Waals surface area contributed by atoms with Crippen LogP contribution in [-0.2, 0) is 4.74 Å². The molecule has 0 saturated heterocycles. The Morgan fingerprint density at radius 3 is 2.75 bits per heavy atom. The SMILES string of the molecule is COC(=O)c1ccc(-c2nn(-c3ccc(Cl)cc3)c3cc[se]c23)o1. The van der Waals surface area contributed by atoms with Crippen molar-refractivity contribution in [2.75, 3.05) is 7.11 Å². The quantitative estimate of drug-likeness (QED) is 0.384. The zero-order valence-corrected chi connectivity index (χ0v) is 15.0. The molecule has 0 spiro atoms. The molecule has 0 unspecified atom stereocenters. The minimum atomic E-state index is -0.501. The summed E-state index contributed by atoms with van der Waals surface area (Å²) in [6.07, 6.45) is 0. The van der Waals surface area contributed by atoms with Gasteiger partial charge in [0.25, 0.3) is 0 Å². The molecule has 0 amide bonds. The Labute approximate surface area is 148 Å². The summed E-state index contributed by atoms with van der Waals surface area (Å²) in [6.45, 7) is 0. The van der Waals surface area contributed by atoms with Gasteiger partial charge in [0.15, 0.2) is 0 Å². The summed E-state index contributed by atoms with van der Waals surface area (Å²) in [5.74, 6) is 0.226. The number of furan rings is 1. The van der Waals surface area contributed by atoms with Gasteiger partial charge in [-0.1, -0.05) is 0 Å². The van der Waals surface area contributed by atoms with Crippen LogP contribution in [-0.4, -0.2) is 37.4 Å². The number of nitrogens with zero attached hydrogens (tertiary/aromatic N) is 2. The maximum absolute atomic E-state index is 11.6. The van der Waals surface area contributed by atoms with E-state index in [0.717, 1.165) is 21.2 Å². The molecular formula is C17H11ClN2O3Se. The fourth-order valence-corrected chi connectivity index (χ4v) is 4.39. The van der Waals surface area contributed by atoms with Gasteiger partial charge in [-0.15, -0.1) is 0 Å². The number of rotatable bonds is 3. The van der Waals surface area contributed by atoms with E-state index >= 15 is 0 Å². The van der Waals surface area contributed by atoms with Gasteiger partial charge in [-0.2, -0.15) is 0 Å². The Morgan fingerprint density at radius 2 is 2.00 bits per heavy atom. The van der Waals surface area contributed by atoms with Crippen LogP contribution in [0.25, 0.3) is 26.9 Å². The molecule has 0 aliphatic rings. The van der Waals surface area contributed by atoms with Crippen LogP contribution in [0.15, 0.2) is 51.8 Å². The number of hydrogen-bond acceptors (Lipinski definition) is 4. The fourth-order valence-electron chi connectivity index (χ4n) is 2.46. The first-order chi connectivity index (χ1) is 11.7. The third-order valence-electron chi connectivity index (χ3n) is 3.58. The number of methoxy groups -OCH3 is 1. The summed E-state index contributed by atoms with van der Waals surface area (Å²) in [4.78, 5) is 13.7. The van der Waals surface area contributed by atoms with Crippen LogP contribution in [0, 0.1) is 0 Å². The first kappa shape index (κ1) is 15.3. The number of carbonyl (C=O) groups is 1. The molecule has 0 radical (unpaired) electrons. The minimum absolute atomic E-state index is 0.167. The third kappa shape index (κ3) is 2.49. The number of carbonyl (C=O) groups excluding carboxylic acids is 1. The van der Waals surface area contributed by atoms with Crippen LogP contribution in [0.5, 0.6) is 0 Å². The van der Waals surface area contributed by atoms with Crippen molar-refractivity contribution in [1.82, 2.24) is 9.78 Å². The van der Waals surface area contributed by atoms with Crippen LogP contribution < -0.4 is 0 Å². The summed E-state index contributed by atoms with van der Waals surface area (Å²) >= 11 is 6.14. The third-order valence-corrected chi connectivity index (χ3v) is 5.75. The maximum atomic E-state index is 11.6. The van der Waals surface area contributed by atoms with Gasteiger partial charge in [0, 0.05) is 0 Å². The molecule has 3 heterocycles. The van der Waals surface area contributed by atoms with Gasteiger partial charge in [0.2, 0.25) is 0 Å². The van der Waals surface area contributed by atoms with E-state index in [4.69, 9.17) is 21.1 Å². The summed E-state index contributed by atoms with van der Waals surface area (Å²) in [5.41, 5.74) is 2.70. The van der Waals surface area contributed by atoms with Crippen LogP contribution in [0.1, 0.15) is 10.6 Å². The van der Waals surface area contributed by atoms with Crippen LogP contribution >= 0.6 is 11.6 Å². The molecule has 0 saturated carbocycles. The van der Waals surface area contributed by atoms with Crippen molar-refractivity contribution in [2.45, 2.75) is 0 Å².